The van der Waals surface area contributed by atoms with Gasteiger partial charge in [0.1, 0.15) is 0 Å². The lowest BCUT2D eigenvalue weighted by molar-refractivity contribution is 0.168. The molecule has 0 saturated carbocycles. The molecule has 0 bridgehead atoms. The van der Waals surface area contributed by atoms with E-state index >= 15 is 0 Å². The van der Waals surface area contributed by atoms with Gasteiger partial charge in [-0.25, -0.2) is 9.38 Å². The third kappa shape index (κ3) is 7.17. The van der Waals surface area contributed by atoms with Crippen molar-refractivity contribution in [2.75, 3.05) is 13.1 Å². The van der Waals surface area contributed by atoms with Crippen LogP contribution in [-0.2, 0) is 6.54 Å². The summed E-state index contributed by atoms with van der Waals surface area (Å²) < 4.78 is 13.3. The van der Waals surface area contributed by atoms with E-state index in [0.29, 0.717) is 31.0 Å². The summed E-state index contributed by atoms with van der Waals surface area (Å²) in [4.78, 5) is 4.39. The van der Waals surface area contributed by atoms with Crippen LogP contribution < -0.4 is 10.6 Å². The van der Waals surface area contributed by atoms with Crippen LogP contribution >= 0.6 is 24.0 Å². The van der Waals surface area contributed by atoms with E-state index in [2.05, 4.69) is 15.6 Å². The molecule has 0 aliphatic carbocycles. The number of rotatable bonds is 7. The second-order valence-corrected chi connectivity index (χ2v) is 5.62. The van der Waals surface area contributed by atoms with Gasteiger partial charge in [0.05, 0.1) is 12.6 Å². The van der Waals surface area contributed by atoms with Crippen molar-refractivity contribution in [1.29, 1.82) is 0 Å². The van der Waals surface area contributed by atoms with Crippen LogP contribution in [0.3, 0.4) is 0 Å². The van der Waals surface area contributed by atoms with Gasteiger partial charge in [-0.15, -0.1) is 24.0 Å². The maximum absolute atomic E-state index is 13.3. The highest BCUT2D eigenvalue weighted by Crippen LogP contribution is 2.17. The van der Waals surface area contributed by atoms with Crippen molar-refractivity contribution in [1.82, 2.24) is 10.6 Å². The SMILES string of the molecule is CCNC(=NCc1ccc(O)c(F)c1)NCCC(O)c1ccccc1.I. The molecule has 0 fully saturated rings. The molecule has 26 heavy (non-hydrogen) atoms. The van der Waals surface area contributed by atoms with Crippen LogP contribution in [-0.4, -0.2) is 29.3 Å². The number of aliphatic imine (C=N–C) groups is 1. The van der Waals surface area contributed by atoms with E-state index < -0.39 is 11.9 Å². The minimum Gasteiger partial charge on any atom is -0.505 e. The number of benzene rings is 2. The van der Waals surface area contributed by atoms with Crippen LogP contribution in [0.1, 0.15) is 30.6 Å². The van der Waals surface area contributed by atoms with Gasteiger partial charge in [0.25, 0.3) is 0 Å². The first kappa shape index (κ1) is 22.2. The molecule has 1 unspecified atom stereocenters. The molecular weight excluding hydrogens is 448 g/mol. The Balaban J connectivity index is 0.00000338. The van der Waals surface area contributed by atoms with Gasteiger partial charge in [-0.3, -0.25) is 0 Å². The fourth-order valence-electron chi connectivity index (χ4n) is 2.33. The van der Waals surface area contributed by atoms with Crippen molar-refractivity contribution < 1.29 is 14.6 Å². The summed E-state index contributed by atoms with van der Waals surface area (Å²) in [6.07, 6.45) is 0.00481. The molecule has 4 N–H and O–H groups in total. The van der Waals surface area contributed by atoms with Gasteiger partial charge >= 0.3 is 0 Å². The maximum atomic E-state index is 13.3. The fourth-order valence-corrected chi connectivity index (χ4v) is 2.33. The number of nitrogens with one attached hydrogen (secondary N) is 2. The molecule has 0 aromatic heterocycles. The molecule has 0 heterocycles. The van der Waals surface area contributed by atoms with E-state index in [9.17, 15) is 14.6 Å². The minimum atomic E-state index is -0.656. The van der Waals surface area contributed by atoms with E-state index in [1.165, 1.54) is 12.1 Å². The molecule has 0 spiro atoms. The van der Waals surface area contributed by atoms with E-state index in [0.717, 1.165) is 5.56 Å². The Morgan fingerprint density at radius 1 is 1.15 bits per heavy atom. The molecule has 2 aromatic carbocycles. The number of phenols is 1. The Morgan fingerprint density at radius 2 is 1.88 bits per heavy atom. The summed E-state index contributed by atoms with van der Waals surface area (Å²) in [5.74, 6) is -0.430. The smallest absolute Gasteiger partial charge is 0.191 e. The van der Waals surface area contributed by atoms with Gasteiger partial charge < -0.3 is 20.8 Å². The quantitative estimate of drug-likeness (QED) is 0.283. The van der Waals surface area contributed by atoms with Gasteiger partial charge in [0.2, 0.25) is 0 Å². The van der Waals surface area contributed by atoms with Crippen LogP contribution in [0.2, 0.25) is 0 Å². The number of hydrogen-bond donors (Lipinski definition) is 4. The number of guanidine groups is 1. The monoisotopic (exact) mass is 473 g/mol. The second-order valence-electron chi connectivity index (χ2n) is 5.62. The van der Waals surface area contributed by atoms with Crippen molar-refractivity contribution in [3.05, 3.63) is 65.5 Å². The number of aromatic hydroxyl groups is 1. The summed E-state index contributed by atoms with van der Waals surface area (Å²) in [6.45, 7) is 3.48. The maximum Gasteiger partial charge on any atom is 0.191 e. The highest BCUT2D eigenvalue weighted by molar-refractivity contribution is 14.0. The molecule has 2 rings (SSSR count). The van der Waals surface area contributed by atoms with Crippen molar-refractivity contribution in [2.45, 2.75) is 26.0 Å². The largest absolute Gasteiger partial charge is 0.505 e. The zero-order valence-corrected chi connectivity index (χ0v) is 17.0. The lowest BCUT2D eigenvalue weighted by Crippen LogP contribution is -2.38. The van der Waals surface area contributed by atoms with Gasteiger partial charge in [-0.2, -0.15) is 0 Å². The second kappa shape index (κ2) is 11.7. The molecule has 2 aromatic rings. The summed E-state index contributed by atoms with van der Waals surface area (Å²) >= 11 is 0. The molecule has 0 aliphatic rings. The fraction of sp³-hybridized carbons (Fsp3) is 0.316. The van der Waals surface area contributed by atoms with E-state index in [1.807, 2.05) is 37.3 Å². The molecule has 0 aliphatic heterocycles. The van der Waals surface area contributed by atoms with Gasteiger partial charge in [0.15, 0.2) is 17.5 Å². The molecule has 0 saturated heterocycles. The Morgan fingerprint density at radius 3 is 2.54 bits per heavy atom. The molecule has 0 amide bonds. The Hall–Kier alpha value is -1.87. The van der Waals surface area contributed by atoms with Crippen LogP contribution in [0, 0.1) is 5.82 Å². The van der Waals surface area contributed by atoms with Crippen LogP contribution in [0.25, 0.3) is 0 Å². The molecule has 142 valence electrons. The topological polar surface area (TPSA) is 76.9 Å². The summed E-state index contributed by atoms with van der Waals surface area (Å²) in [5.41, 5.74) is 1.54. The first-order valence-electron chi connectivity index (χ1n) is 8.32. The summed E-state index contributed by atoms with van der Waals surface area (Å²) in [7, 11) is 0. The zero-order chi connectivity index (χ0) is 18.1. The number of halogens is 2. The average molecular weight is 473 g/mol. The van der Waals surface area contributed by atoms with Crippen molar-refractivity contribution in [3.63, 3.8) is 0 Å². The molecule has 0 radical (unpaired) electrons. The van der Waals surface area contributed by atoms with Gasteiger partial charge in [-0.05, 0) is 36.6 Å². The van der Waals surface area contributed by atoms with Crippen molar-refractivity contribution >= 4 is 29.9 Å². The predicted octanol–water partition coefficient (Wildman–Crippen LogP) is 3.33. The van der Waals surface area contributed by atoms with Crippen LogP contribution in [0.4, 0.5) is 4.39 Å². The lowest BCUT2D eigenvalue weighted by Gasteiger charge is -2.14. The first-order chi connectivity index (χ1) is 12.1. The third-order valence-corrected chi connectivity index (χ3v) is 3.67. The number of phenolic OH excluding ortho intramolecular Hbond substituents is 1. The van der Waals surface area contributed by atoms with E-state index in [1.54, 1.807) is 6.07 Å². The average Bonchev–Trinajstić information content (AvgIpc) is 2.63. The van der Waals surface area contributed by atoms with Gasteiger partial charge in [0, 0.05) is 13.1 Å². The highest BCUT2D eigenvalue weighted by atomic mass is 127. The first-order valence-corrected chi connectivity index (χ1v) is 8.32. The predicted molar refractivity (Wildman–Crippen MR) is 112 cm³/mol. The lowest BCUT2D eigenvalue weighted by atomic mass is 10.1. The minimum absolute atomic E-state index is 0. The Bertz CT molecular complexity index is 698. The Labute approximate surface area is 170 Å². The summed E-state index contributed by atoms with van der Waals surface area (Å²) in [5, 5.41) is 25.6. The molecular formula is C19H25FIN3O2. The number of nitrogens with zero attached hydrogens (tertiary/aromatic N) is 1. The highest BCUT2D eigenvalue weighted by Gasteiger charge is 2.07. The molecule has 5 nitrogen and oxygen atoms in total. The van der Waals surface area contributed by atoms with Crippen molar-refractivity contribution in [2.24, 2.45) is 4.99 Å². The molecule has 1 atom stereocenters. The van der Waals surface area contributed by atoms with Crippen LogP contribution in [0.15, 0.2) is 53.5 Å². The van der Waals surface area contributed by atoms with E-state index in [-0.39, 0.29) is 36.3 Å². The standard InChI is InChI=1S/C19H24FN3O2.HI/c1-2-21-19(23-13-14-8-9-18(25)16(20)12-14)22-11-10-17(24)15-6-4-3-5-7-15;/h3-9,12,17,24-25H,2,10-11,13H2,1H3,(H2,21,22,23);1H. The van der Waals surface area contributed by atoms with Crippen LogP contribution in [0.5, 0.6) is 5.75 Å². The summed E-state index contributed by atoms with van der Waals surface area (Å²) in [6, 6.07) is 13.7. The molecule has 7 heteroatoms. The third-order valence-electron chi connectivity index (χ3n) is 3.67. The van der Waals surface area contributed by atoms with Crippen molar-refractivity contribution in [3.8, 4) is 5.75 Å². The number of aliphatic hydroxyl groups excluding tert-OH is 1. The number of hydrogen-bond acceptors (Lipinski definition) is 3. The number of aliphatic hydroxyl groups is 1. The Kier molecular flexibility index (Phi) is 9.97. The van der Waals surface area contributed by atoms with E-state index in [4.69, 9.17) is 0 Å². The van der Waals surface area contributed by atoms with Gasteiger partial charge in [-0.1, -0.05) is 36.4 Å². The normalized spacial score (nSPS) is 12.2. The zero-order valence-electron chi connectivity index (χ0n) is 14.7.